The van der Waals surface area contributed by atoms with Crippen LogP contribution in [-0.2, 0) is 29.2 Å². The molecule has 3 aliphatic heterocycles. The molecule has 8 rings (SSSR count). The summed E-state index contributed by atoms with van der Waals surface area (Å²) < 4.78 is 40.8. The van der Waals surface area contributed by atoms with Crippen molar-refractivity contribution in [3.8, 4) is 22.2 Å². The number of allylic oxidation sites excluding steroid dienone is 1. The molecule has 2 saturated heterocycles. The molecule has 0 bridgehead atoms. The Kier molecular flexibility index (Phi) is 13.4. The number of urea groups is 1. The maximum absolute atomic E-state index is 15.0. The number of aromatic nitrogens is 2. The number of amides is 6. The highest BCUT2D eigenvalue weighted by atomic mass is 32.2. The average molecular weight is 933 g/mol. The van der Waals surface area contributed by atoms with Crippen molar-refractivity contribution in [3.05, 3.63) is 47.0 Å². The number of hydrogen-bond acceptors (Lipinski definition) is 12. The summed E-state index contributed by atoms with van der Waals surface area (Å²) in [5.41, 5.74) is 6.86. The topological polar surface area (TPSA) is 232 Å². The molecule has 2 aliphatic carbocycles. The molecule has 1 aromatic carbocycles. The largest absolute Gasteiger partial charge is 0.496 e. The van der Waals surface area contributed by atoms with Crippen molar-refractivity contribution in [2.45, 2.75) is 133 Å². The van der Waals surface area contributed by atoms with Gasteiger partial charge in [0, 0.05) is 54.2 Å². The van der Waals surface area contributed by atoms with E-state index in [1.54, 1.807) is 12.0 Å². The minimum atomic E-state index is -3.93. The minimum absolute atomic E-state index is 0.0244. The van der Waals surface area contributed by atoms with Gasteiger partial charge in [0.15, 0.2) is 0 Å². The van der Waals surface area contributed by atoms with Gasteiger partial charge in [-0.05, 0) is 82.3 Å². The molecule has 4 fully saturated rings. The molecule has 19 heteroatoms. The van der Waals surface area contributed by atoms with E-state index in [1.807, 2.05) is 42.7 Å². The number of thiazole rings is 1. The van der Waals surface area contributed by atoms with E-state index in [1.165, 1.54) is 16.2 Å². The van der Waals surface area contributed by atoms with Crippen molar-refractivity contribution in [2.75, 3.05) is 26.7 Å². The van der Waals surface area contributed by atoms with Crippen molar-refractivity contribution in [1.29, 1.82) is 0 Å². The Morgan fingerprint density at radius 1 is 1.05 bits per heavy atom. The van der Waals surface area contributed by atoms with Gasteiger partial charge in [0.1, 0.15) is 45.9 Å². The highest BCUT2D eigenvalue weighted by molar-refractivity contribution is 7.91. The Morgan fingerprint density at radius 3 is 2.51 bits per heavy atom. The number of fused-ring (bicyclic) bond motifs is 3. The van der Waals surface area contributed by atoms with Crippen LogP contribution in [0.5, 0.6) is 11.5 Å². The molecule has 6 amide bonds. The Hall–Kier alpha value is -5.30. The molecule has 0 radical (unpaired) electrons. The number of primary amides is 1. The van der Waals surface area contributed by atoms with Crippen molar-refractivity contribution in [3.63, 3.8) is 0 Å². The number of carbonyl (C=O) groups excluding carboxylic acids is 5. The van der Waals surface area contributed by atoms with Crippen LogP contribution >= 0.6 is 11.3 Å². The molecule has 5 N–H and O–H groups in total. The quantitative estimate of drug-likeness (QED) is 0.191. The molecule has 2 saturated carbocycles. The maximum Gasteiger partial charge on any atom is 0.318 e. The number of nitrogens with two attached hydrogens (primary N) is 1. The van der Waals surface area contributed by atoms with E-state index in [2.05, 4.69) is 29.2 Å². The number of aryl methyl sites for hydroxylation is 1. The fraction of sp³-hybridized carbons (Fsp3) is 0.587. The highest BCUT2D eigenvalue weighted by Gasteiger charge is 2.62. The third kappa shape index (κ3) is 10.1. The van der Waals surface area contributed by atoms with Crippen LogP contribution < -0.4 is 30.6 Å². The molecule has 5 atom stereocenters. The van der Waals surface area contributed by atoms with E-state index in [9.17, 15) is 27.6 Å². The van der Waals surface area contributed by atoms with E-state index in [0.29, 0.717) is 91.1 Å². The molecule has 0 spiro atoms. The van der Waals surface area contributed by atoms with Crippen molar-refractivity contribution in [1.82, 2.24) is 35.1 Å². The fourth-order valence-electron chi connectivity index (χ4n) is 9.37. The van der Waals surface area contributed by atoms with Gasteiger partial charge in [0.05, 0.1) is 30.1 Å². The van der Waals surface area contributed by atoms with Gasteiger partial charge < -0.3 is 35.6 Å². The van der Waals surface area contributed by atoms with E-state index < -0.39 is 68.7 Å². The minimum Gasteiger partial charge on any atom is -0.496 e. The normalized spacial score (nSPS) is 26.0. The Balaban J connectivity index is 1.12. The Bertz CT molecular complexity index is 2480. The molecule has 350 valence electrons. The van der Waals surface area contributed by atoms with E-state index >= 15 is 4.79 Å². The van der Waals surface area contributed by atoms with Crippen LogP contribution in [-0.4, -0.2) is 114 Å². The number of nitrogens with one attached hydrogen (secondary N) is 3. The number of pyridine rings is 1. The zero-order valence-electron chi connectivity index (χ0n) is 37.5. The van der Waals surface area contributed by atoms with Gasteiger partial charge >= 0.3 is 6.03 Å². The summed E-state index contributed by atoms with van der Waals surface area (Å²) in [6, 6.07) is 2.99. The summed E-state index contributed by atoms with van der Waals surface area (Å²) in [4.78, 5) is 82.1. The molecule has 3 aromatic rings. The van der Waals surface area contributed by atoms with E-state index in [0.717, 1.165) is 24.1 Å². The van der Waals surface area contributed by atoms with Gasteiger partial charge in [0.25, 0.3) is 5.91 Å². The van der Waals surface area contributed by atoms with Crippen LogP contribution in [0.15, 0.2) is 35.7 Å². The average Bonchev–Trinajstić information content (AvgIpc) is 4.14. The van der Waals surface area contributed by atoms with Crippen molar-refractivity contribution in [2.24, 2.45) is 17.6 Å². The third-order valence-electron chi connectivity index (χ3n) is 13.5. The molecule has 5 aliphatic rings. The number of carbonyl (C=O) groups is 5. The lowest BCUT2D eigenvalue weighted by molar-refractivity contribution is -0.141. The van der Waals surface area contributed by atoms with Crippen molar-refractivity contribution < 1.29 is 41.9 Å². The van der Waals surface area contributed by atoms with Gasteiger partial charge in [-0.25, -0.2) is 23.2 Å². The summed E-state index contributed by atoms with van der Waals surface area (Å²) in [6.07, 6.45) is 8.87. The number of hydrogen-bond donors (Lipinski definition) is 4. The summed E-state index contributed by atoms with van der Waals surface area (Å²) in [5.74, 6) is -1.32. The van der Waals surface area contributed by atoms with Gasteiger partial charge in [-0.2, -0.15) is 0 Å². The number of sulfonamides is 1. The molecule has 65 heavy (non-hydrogen) atoms. The standard InChI is InChI=1S/C46H60N8O9S2/c1-26(2)35-25-64-42(49-35)34-22-38(32-14-15-37(62-4)27(3)40(32)48-34)63-30-21-36-41(56)51-46(44(58)52-65(60,61)31-12-13-31)23-29(46)10-8-6-5-7-9-11-33(43(57)54(36)24-30)50-45(59)53-18-16-28(17-19-53)20-39(47)55/h8,10,14-15,22,25-26,28-31,33,36H,5-7,9,11-13,16-21,23-24H2,1-4H3,(H2,47,55)(H,50,59)(H,51,56)(H,52,58)/b10-8-/t29?,30-,33+,36+,46-/m1/s1. The van der Waals surface area contributed by atoms with Crippen LogP contribution in [0.3, 0.4) is 0 Å². The van der Waals surface area contributed by atoms with E-state index in [4.69, 9.17) is 25.2 Å². The second-order valence-electron chi connectivity index (χ2n) is 18.6. The molecular weight excluding hydrogens is 873 g/mol. The first-order chi connectivity index (χ1) is 31.1. The maximum atomic E-state index is 15.0. The molecule has 1 unspecified atom stereocenters. The lowest BCUT2D eigenvalue weighted by Gasteiger charge is -2.34. The molecular formula is C46H60N8O9S2. The number of likely N-dealkylation sites (tertiary alicyclic amines) is 1. The van der Waals surface area contributed by atoms with E-state index in [-0.39, 0.29) is 43.6 Å². The number of ether oxygens (including phenoxy) is 2. The monoisotopic (exact) mass is 932 g/mol. The summed E-state index contributed by atoms with van der Waals surface area (Å²) in [6.45, 7) is 6.83. The van der Waals surface area contributed by atoms with Gasteiger partial charge in [-0.3, -0.25) is 23.9 Å². The SMILES string of the molecule is COc1ccc2c(O[C@@H]3C[C@H]4C(=O)N[C@]5(C(=O)NS(=O)(=O)C6CC6)CC5/C=C\CCCCC[C@H](NC(=O)N5CCC(CC(N)=O)CC5)C(=O)N4C3)cc(-c3nc(C(C)C)cs3)nc2c1C. The third-order valence-corrected chi connectivity index (χ3v) is 16.2. The molecule has 2 aromatic heterocycles. The second kappa shape index (κ2) is 18.9. The second-order valence-corrected chi connectivity index (χ2v) is 21.4. The number of methoxy groups -OCH3 is 1. The number of piperidine rings is 1. The Morgan fingerprint density at radius 2 is 1.82 bits per heavy atom. The predicted molar refractivity (Wildman–Crippen MR) is 244 cm³/mol. The van der Waals surface area contributed by atoms with Crippen LogP contribution in [0, 0.1) is 18.8 Å². The first-order valence-electron chi connectivity index (χ1n) is 22.9. The van der Waals surface area contributed by atoms with Crippen LogP contribution in [0.25, 0.3) is 21.6 Å². The zero-order chi connectivity index (χ0) is 46.2. The molecule has 5 heterocycles. The lowest BCUT2D eigenvalue weighted by Crippen LogP contribution is -2.59. The van der Waals surface area contributed by atoms with Crippen LogP contribution in [0.4, 0.5) is 4.79 Å². The van der Waals surface area contributed by atoms with Crippen LogP contribution in [0.1, 0.15) is 108 Å². The predicted octanol–water partition coefficient (Wildman–Crippen LogP) is 4.82. The summed E-state index contributed by atoms with van der Waals surface area (Å²) >= 11 is 1.47. The number of nitrogens with zero attached hydrogens (tertiary/aromatic N) is 4. The van der Waals surface area contributed by atoms with Gasteiger partial charge in [-0.15, -0.1) is 11.3 Å². The number of rotatable bonds is 11. The van der Waals surface area contributed by atoms with Crippen LogP contribution in [0.2, 0.25) is 0 Å². The van der Waals surface area contributed by atoms with Gasteiger partial charge in [0.2, 0.25) is 27.7 Å². The summed E-state index contributed by atoms with van der Waals surface area (Å²) in [5, 5.41) is 8.69. The first kappa shape index (κ1) is 46.2. The van der Waals surface area contributed by atoms with Crippen molar-refractivity contribution >= 4 is 61.9 Å². The van der Waals surface area contributed by atoms with Gasteiger partial charge in [-0.1, -0.05) is 38.8 Å². The highest BCUT2D eigenvalue weighted by Crippen LogP contribution is 2.46. The first-order valence-corrected chi connectivity index (χ1v) is 25.3. The summed E-state index contributed by atoms with van der Waals surface area (Å²) in [7, 11) is -2.34. The number of benzene rings is 1. The Labute approximate surface area is 383 Å². The molecule has 17 nitrogen and oxygen atoms in total. The zero-order valence-corrected chi connectivity index (χ0v) is 39.1. The lowest BCUT2D eigenvalue weighted by atomic mass is 9.93. The fourth-order valence-corrected chi connectivity index (χ4v) is 11.7. The smallest absolute Gasteiger partial charge is 0.318 e.